The van der Waals surface area contributed by atoms with Crippen LogP contribution in [0.2, 0.25) is 0 Å². The Labute approximate surface area is 142 Å². The molecule has 3 aromatic carbocycles. The fourth-order valence-corrected chi connectivity index (χ4v) is 2.64. The van der Waals surface area contributed by atoms with Crippen LogP contribution in [-0.2, 0) is 6.54 Å². The van der Waals surface area contributed by atoms with Gasteiger partial charge in [0.25, 0.3) is 5.91 Å². The largest absolute Gasteiger partial charge is 0.381 e. The number of hydrogen-bond donors (Lipinski definition) is 2. The summed E-state index contributed by atoms with van der Waals surface area (Å²) in [5, 5.41) is 8.79. The average Bonchev–Trinajstić information content (AvgIpc) is 2.59. The summed E-state index contributed by atoms with van der Waals surface area (Å²) in [5.41, 5.74) is 2.92. The van der Waals surface area contributed by atoms with Gasteiger partial charge in [0, 0.05) is 23.8 Å². The molecule has 0 unspecified atom stereocenters. The lowest BCUT2D eigenvalue weighted by Crippen LogP contribution is -2.29. The van der Waals surface area contributed by atoms with Crippen molar-refractivity contribution in [1.29, 1.82) is 0 Å². The number of carbonyl (C=O) groups excluding carboxylic acids is 1. The minimum Gasteiger partial charge on any atom is -0.381 e. The average molecular weight is 318 g/mol. The minimum absolute atomic E-state index is 0.0360. The molecule has 0 aliphatic heterocycles. The summed E-state index contributed by atoms with van der Waals surface area (Å²) >= 11 is 0. The molecule has 3 nitrogen and oxygen atoms in total. The van der Waals surface area contributed by atoms with E-state index in [9.17, 15) is 4.79 Å². The van der Waals surface area contributed by atoms with Crippen LogP contribution in [0, 0.1) is 0 Å². The highest BCUT2D eigenvalue weighted by atomic mass is 16.1. The van der Waals surface area contributed by atoms with E-state index in [0.717, 1.165) is 12.2 Å². The molecule has 0 atom stereocenters. The van der Waals surface area contributed by atoms with Crippen molar-refractivity contribution in [2.45, 2.75) is 26.4 Å². The summed E-state index contributed by atoms with van der Waals surface area (Å²) in [4.78, 5) is 11.9. The van der Waals surface area contributed by atoms with Crippen molar-refractivity contribution in [2.24, 2.45) is 0 Å². The number of amides is 1. The molecule has 2 N–H and O–H groups in total. The fourth-order valence-electron chi connectivity index (χ4n) is 2.64. The zero-order valence-electron chi connectivity index (χ0n) is 14.0. The molecule has 0 spiro atoms. The molecule has 0 radical (unpaired) electrons. The van der Waals surface area contributed by atoms with Gasteiger partial charge in [0.1, 0.15) is 0 Å². The third kappa shape index (κ3) is 3.93. The van der Waals surface area contributed by atoms with Gasteiger partial charge >= 0.3 is 0 Å². The molecule has 0 saturated carbocycles. The first-order chi connectivity index (χ1) is 11.6. The van der Waals surface area contributed by atoms with E-state index in [4.69, 9.17) is 0 Å². The molecule has 3 rings (SSSR count). The van der Waals surface area contributed by atoms with E-state index in [2.05, 4.69) is 53.1 Å². The zero-order valence-corrected chi connectivity index (χ0v) is 14.0. The van der Waals surface area contributed by atoms with E-state index in [-0.39, 0.29) is 11.9 Å². The molecule has 122 valence electrons. The highest BCUT2D eigenvalue weighted by molar-refractivity contribution is 5.94. The number of nitrogens with one attached hydrogen (secondary N) is 2. The van der Waals surface area contributed by atoms with Gasteiger partial charge < -0.3 is 10.6 Å². The standard InChI is InChI=1S/C21H22N2O/c1-15(2)23-21(24)18-9-11-20(12-10-18)22-14-16-7-8-17-5-3-4-6-19(17)13-16/h3-13,15,22H,14H2,1-2H3,(H,23,24). The number of rotatable bonds is 5. The number of benzene rings is 3. The van der Waals surface area contributed by atoms with Crippen LogP contribution in [0.5, 0.6) is 0 Å². The molecule has 24 heavy (non-hydrogen) atoms. The van der Waals surface area contributed by atoms with E-state index >= 15 is 0 Å². The van der Waals surface area contributed by atoms with Crippen LogP contribution in [0.4, 0.5) is 5.69 Å². The molecule has 0 fully saturated rings. The van der Waals surface area contributed by atoms with Crippen molar-refractivity contribution < 1.29 is 4.79 Å². The lowest BCUT2D eigenvalue weighted by molar-refractivity contribution is 0.0943. The van der Waals surface area contributed by atoms with Crippen molar-refractivity contribution in [3.63, 3.8) is 0 Å². The van der Waals surface area contributed by atoms with Crippen molar-refractivity contribution in [2.75, 3.05) is 5.32 Å². The van der Waals surface area contributed by atoms with Crippen molar-refractivity contribution in [1.82, 2.24) is 5.32 Å². The van der Waals surface area contributed by atoms with E-state index < -0.39 is 0 Å². The van der Waals surface area contributed by atoms with Gasteiger partial charge in [-0.2, -0.15) is 0 Å². The third-order valence-electron chi connectivity index (χ3n) is 3.88. The van der Waals surface area contributed by atoms with E-state index in [1.54, 1.807) is 0 Å². The quantitative estimate of drug-likeness (QED) is 0.722. The van der Waals surface area contributed by atoms with Crippen LogP contribution < -0.4 is 10.6 Å². The Hall–Kier alpha value is -2.81. The van der Waals surface area contributed by atoms with Crippen LogP contribution in [0.15, 0.2) is 66.7 Å². The van der Waals surface area contributed by atoms with Crippen LogP contribution in [-0.4, -0.2) is 11.9 Å². The minimum atomic E-state index is -0.0360. The predicted octanol–water partition coefficient (Wildman–Crippen LogP) is 4.59. The number of anilines is 1. The molecular weight excluding hydrogens is 296 g/mol. The van der Waals surface area contributed by atoms with Gasteiger partial charge in [-0.25, -0.2) is 0 Å². The number of carbonyl (C=O) groups is 1. The number of hydrogen-bond acceptors (Lipinski definition) is 2. The summed E-state index contributed by atoms with van der Waals surface area (Å²) in [7, 11) is 0. The van der Waals surface area contributed by atoms with E-state index in [0.29, 0.717) is 5.56 Å². The van der Waals surface area contributed by atoms with Gasteiger partial charge in [-0.3, -0.25) is 4.79 Å². The number of fused-ring (bicyclic) bond motifs is 1. The molecule has 0 aliphatic carbocycles. The van der Waals surface area contributed by atoms with Crippen molar-refractivity contribution in [3.8, 4) is 0 Å². The van der Waals surface area contributed by atoms with Gasteiger partial charge in [-0.1, -0.05) is 36.4 Å². The SMILES string of the molecule is CC(C)NC(=O)c1ccc(NCc2ccc3ccccc3c2)cc1. The maximum atomic E-state index is 11.9. The summed E-state index contributed by atoms with van der Waals surface area (Å²) < 4.78 is 0. The van der Waals surface area contributed by atoms with Crippen LogP contribution in [0.3, 0.4) is 0 Å². The summed E-state index contributed by atoms with van der Waals surface area (Å²) in [6.45, 7) is 4.66. The lowest BCUT2D eigenvalue weighted by atomic mass is 10.1. The molecule has 3 aromatic rings. The molecule has 0 aliphatic rings. The molecule has 0 bridgehead atoms. The van der Waals surface area contributed by atoms with Crippen LogP contribution in [0.25, 0.3) is 10.8 Å². The third-order valence-corrected chi connectivity index (χ3v) is 3.88. The van der Waals surface area contributed by atoms with Crippen molar-refractivity contribution >= 4 is 22.4 Å². The zero-order chi connectivity index (χ0) is 16.9. The maximum Gasteiger partial charge on any atom is 0.251 e. The molecule has 1 amide bonds. The second kappa shape index (κ2) is 7.18. The second-order valence-electron chi connectivity index (χ2n) is 6.24. The highest BCUT2D eigenvalue weighted by Gasteiger charge is 2.06. The summed E-state index contributed by atoms with van der Waals surface area (Å²) in [6.07, 6.45) is 0. The molecule has 0 aromatic heterocycles. The van der Waals surface area contributed by atoms with Crippen molar-refractivity contribution in [3.05, 3.63) is 77.9 Å². The second-order valence-corrected chi connectivity index (χ2v) is 6.24. The Kier molecular flexibility index (Phi) is 4.80. The lowest BCUT2D eigenvalue weighted by Gasteiger charge is -2.10. The summed E-state index contributed by atoms with van der Waals surface area (Å²) in [5.74, 6) is -0.0360. The fraction of sp³-hybridized carbons (Fsp3) is 0.190. The highest BCUT2D eigenvalue weighted by Crippen LogP contribution is 2.17. The monoisotopic (exact) mass is 318 g/mol. The first-order valence-electron chi connectivity index (χ1n) is 8.24. The molecule has 3 heteroatoms. The first kappa shape index (κ1) is 16.1. The molecule has 0 saturated heterocycles. The Morgan fingerprint density at radius 3 is 2.33 bits per heavy atom. The van der Waals surface area contributed by atoms with E-state index in [1.807, 2.05) is 38.1 Å². The topological polar surface area (TPSA) is 41.1 Å². The van der Waals surface area contributed by atoms with Gasteiger partial charge in [0.2, 0.25) is 0 Å². The smallest absolute Gasteiger partial charge is 0.251 e. The van der Waals surface area contributed by atoms with Crippen LogP contribution >= 0.6 is 0 Å². The van der Waals surface area contributed by atoms with Crippen LogP contribution in [0.1, 0.15) is 29.8 Å². The normalized spacial score (nSPS) is 10.8. The predicted molar refractivity (Wildman–Crippen MR) is 100 cm³/mol. The van der Waals surface area contributed by atoms with E-state index in [1.165, 1.54) is 16.3 Å². The Morgan fingerprint density at radius 2 is 1.62 bits per heavy atom. The van der Waals surface area contributed by atoms with Gasteiger partial charge in [-0.05, 0) is 60.5 Å². The summed E-state index contributed by atoms with van der Waals surface area (Å²) in [6, 6.07) is 22.6. The Morgan fingerprint density at radius 1 is 0.917 bits per heavy atom. The molecular formula is C21H22N2O. The van der Waals surface area contributed by atoms with Gasteiger partial charge in [0.15, 0.2) is 0 Å². The first-order valence-corrected chi connectivity index (χ1v) is 8.24. The maximum absolute atomic E-state index is 11.9. The Balaban J connectivity index is 1.64. The Bertz CT molecular complexity index is 838. The van der Waals surface area contributed by atoms with Gasteiger partial charge in [-0.15, -0.1) is 0 Å². The molecule has 0 heterocycles. The van der Waals surface area contributed by atoms with Gasteiger partial charge in [0.05, 0.1) is 0 Å².